The minimum atomic E-state index is 0.677. The molecule has 3 nitrogen and oxygen atoms in total. The van der Waals surface area contributed by atoms with E-state index in [0.717, 1.165) is 24.9 Å². The summed E-state index contributed by atoms with van der Waals surface area (Å²) in [5, 5.41) is 3.46. The average molecular weight is 261 g/mol. The summed E-state index contributed by atoms with van der Waals surface area (Å²) in [6.07, 6.45) is 10.9. The van der Waals surface area contributed by atoms with Crippen LogP contribution >= 0.6 is 0 Å². The Kier molecular flexibility index (Phi) is 3.92. The number of hydrogen-bond donors (Lipinski definition) is 1. The summed E-state index contributed by atoms with van der Waals surface area (Å²) < 4.78 is 2.52. The molecular formula is C16H27N3. The molecule has 1 aliphatic carbocycles. The van der Waals surface area contributed by atoms with Crippen LogP contribution in [0.25, 0.3) is 0 Å². The largest absolute Gasteiger partial charge is 0.331 e. The predicted molar refractivity (Wildman–Crippen MR) is 78.3 cm³/mol. The fraction of sp³-hybridized carbons (Fsp3) is 0.812. The van der Waals surface area contributed by atoms with Crippen LogP contribution in [0.2, 0.25) is 0 Å². The Morgan fingerprint density at radius 3 is 2.74 bits per heavy atom. The van der Waals surface area contributed by atoms with Crippen LogP contribution in [-0.2, 0) is 0 Å². The van der Waals surface area contributed by atoms with E-state index in [1.54, 1.807) is 0 Å². The van der Waals surface area contributed by atoms with Gasteiger partial charge in [0.2, 0.25) is 0 Å². The fourth-order valence-corrected chi connectivity index (χ4v) is 3.97. The van der Waals surface area contributed by atoms with E-state index in [1.165, 1.54) is 37.8 Å². The van der Waals surface area contributed by atoms with Crippen LogP contribution in [0.3, 0.4) is 0 Å². The smallest absolute Gasteiger partial charge is 0.0950 e. The highest BCUT2D eigenvalue weighted by Gasteiger charge is 2.30. The molecule has 0 spiro atoms. The molecule has 1 N–H and O–H groups in total. The molecule has 1 aromatic heterocycles. The predicted octanol–water partition coefficient (Wildman–Crippen LogP) is 3.35. The van der Waals surface area contributed by atoms with Gasteiger partial charge in [-0.1, -0.05) is 26.7 Å². The van der Waals surface area contributed by atoms with E-state index in [0.29, 0.717) is 12.0 Å². The SMILES string of the molecule is CC1CCCC(n2cncc2C2CCNCC2)C1C. The van der Waals surface area contributed by atoms with Crippen molar-refractivity contribution in [2.45, 2.75) is 57.9 Å². The second kappa shape index (κ2) is 5.66. The zero-order chi connectivity index (χ0) is 13.2. The van der Waals surface area contributed by atoms with Gasteiger partial charge < -0.3 is 9.88 Å². The van der Waals surface area contributed by atoms with Crippen molar-refractivity contribution in [1.82, 2.24) is 14.9 Å². The number of aromatic nitrogens is 2. The van der Waals surface area contributed by atoms with E-state index < -0.39 is 0 Å². The van der Waals surface area contributed by atoms with Crippen molar-refractivity contribution in [1.29, 1.82) is 0 Å². The Bertz CT molecular complexity index is 406. The zero-order valence-corrected chi connectivity index (χ0v) is 12.3. The molecular weight excluding hydrogens is 234 g/mol. The molecule has 0 radical (unpaired) electrons. The summed E-state index contributed by atoms with van der Waals surface area (Å²) >= 11 is 0. The van der Waals surface area contributed by atoms with Crippen LogP contribution < -0.4 is 5.32 Å². The lowest BCUT2D eigenvalue weighted by Gasteiger charge is -2.37. The lowest BCUT2D eigenvalue weighted by Crippen LogP contribution is -2.31. The highest BCUT2D eigenvalue weighted by molar-refractivity contribution is 5.10. The van der Waals surface area contributed by atoms with Gasteiger partial charge in [-0.25, -0.2) is 4.98 Å². The molecule has 1 aromatic rings. The summed E-state index contributed by atoms with van der Waals surface area (Å²) in [6.45, 7) is 7.16. The van der Waals surface area contributed by atoms with Crippen LogP contribution in [0.5, 0.6) is 0 Å². The molecule has 3 rings (SSSR count). The maximum Gasteiger partial charge on any atom is 0.0950 e. The second-order valence-corrected chi connectivity index (χ2v) is 6.58. The summed E-state index contributed by atoms with van der Waals surface area (Å²) in [6, 6.07) is 0.677. The number of hydrogen-bond acceptors (Lipinski definition) is 2. The van der Waals surface area contributed by atoms with E-state index in [4.69, 9.17) is 0 Å². The number of nitrogens with one attached hydrogen (secondary N) is 1. The number of nitrogens with zero attached hydrogens (tertiary/aromatic N) is 2. The van der Waals surface area contributed by atoms with E-state index in [-0.39, 0.29) is 0 Å². The maximum atomic E-state index is 4.47. The second-order valence-electron chi connectivity index (χ2n) is 6.58. The molecule has 2 heterocycles. The topological polar surface area (TPSA) is 29.9 Å². The zero-order valence-electron chi connectivity index (χ0n) is 12.3. The molecule has 3 heteroatoms. The van der Waals surface area contributed by atoms with Crippen molar-refractivity contribution in [2.24, 2.45) is 11.8 Å². The molecule has 106 valence electrons. The quantitative estimate of drug-likeness (QED) is 0.885. The van der Waals surface area contributed by atoms with Crippen LogP contribution in [0, 0.1) is 11.8 Å². The van der Waals surface area contributed by atoms with Crippen molar-refractivity contribution in [3.8, 4) is 0 Å². The van der Waals surface area contributed by atoms with E-state index in [1.807, 2.05) is 0 Å². The Morgan fingerprint density at radius 2 is 1.95 bits per heavy atom. The molecule has 2 aliphatic rings. The van der Waals surface area contributed by atoms with Crippen molar-refractivity contribution in [2.75, 3.05) is 13.1 Å². The standard InChI is InChI=1S/C16H27N3/c1-12-4-3-5-15(13(12)2)19-11-18-10-16(19)14-6-8-17-9-7-14/h10-15,17H,3-9H2,1-2H3. The first kappa shape index (κ1) is 13.2. The van der Waals surface area contributed by atoms with Crippen molar-refractivity contribution in [3.05, 3.63) is 18.2 Å². The number of rotatable bonds is 2. The van der Waals surface area contributed by atoms with E-state index >= 15 is 0 Å². The van der Waals surface area contributed by atoms with E-state index in [9.17, 15) is 0 Å². The highest BCUT2D eigenvalue weighted by Crippen LogP contribution is 2.39. The molecule has 1 saturated carbocycles. The number of piperidine rings is 1. The van der Waals surface area contributed by atoms with Gasteiger partial charge in [-0.2, -0.15) is 0 Å². The van der Waals surface area contributed by atoms with E-state index in [2.05, 4.69) is 41.2 Å². The van der Waals surface area contributed by atoms with Crippen LogP contribution in [0.1, 0.15) is 63.6 Å². The van der Waals surface area contributed by atoms with Gasteiger partial charge in [0.05, 0.1) is 6.33 Å². The van der Waals surface area contributed by atoms with Gasteiger partial charge in [0.15, 0.2) is 0 Å². The molecule has 0 bridgehead atoms. The first-order chi connectivity index (χ1) is 9.27. The summed E-state index contributed by atoms with van der Waals surface area (Å²) in [4.78, 5) is 4.47. The molecule has 1 saturated heterocycles. The maximum absolute atomic E-state index is 4.47. The first-order valence-corrected chi connectivity index (χ1v) is 8.00. The third kappa shape index (κ3) is 2.58. The fourth-order valence-electron chi connectivity index (χ4n) is 3.97. The minimum Gasteiger partial charge on any atom is -0.331 e. The molecule has 19 heavy (non-hydrogen) atoms. The normalized spacial score (nSPS) is 33.5. The van der Waals surface area contributed by atoms with Gasteiger partial charge in [-0.3, -0.25) is 0 Å². The van der Waals surface area contributed by atoms with Crippen molar-refractivity contribution < 1.29 is 0 Å². The van der Waals surface area contributed by atoms with Crippen molar-refractivity contribution in [3.63, 3.8) is 0 Å². The molecule has 3 unspecified atom stereocenters. The van der Waals surface area contributed by atoms with Crippen LogP contribution in [0.15, 0.2) is 12.5 Å². The van der Waals surface area contributed by atoms with Gasteiger partial charge in [-0.05, 0) is 44.2 Å². The van der Waals surface area contributed by atoms with Crippen LogP contribution in [0.4, 0.5) is 0 Å². The molecule has 0 amide bonds. The lowest BCUT2D eigenvalue weighted by atomic mass is 9.77. The highest BCUT2D eigenvalue weighted by atomic mass is 15.1. The number of imidazole rings is 1. The molecule has 1 aliphatic heterocycles. The molecule has 3 atom stereocenters. The van der Waals surface area contributed by atoms with Gasteiger partial charge >= 0.3 is 0 Å². The monoisotopic (exact) mass is 261 g/mol. The van der Waals surface area contributed by atoms with Gasteiger partial charge in [0, 0.05) is 23.9 Å². The summed E-state index contributed by atoms with van der Waals surface area (Å²) in [5.41, 5.74) is 1.49. The van der Waals surface area contributed by atoms with Gasteiger partial charge in [-0.15, -0.1) is 0 Å². The van der Waals surface area contributed by atoms with Gasteiger partial charge in [0.25, 0.3) is 0 Å². The Labute approximate surface area is 116 Å². The molecule has 0 aromatic carbocycles. The van der Waals surface area contributed by atoms with Crippen LogP contribution in [-0.4, -0.2) is 22.6 Å². The Morgan fingerprint density at radius 1 is 1.16 bits per heavy atom. The lowest BCUT2D eigenvalue weighted by molar-refractivity contribution is 0.181. The third-order valence-electron chi connectivity index (χ3n) is 5.47. The third-order valence-corrected chi connectivity index (χ3v) is 5.47. The summed E-state index contributed by atoms with van der Waals surface area (Å²) in [5.74, 6) is 2.35. The molecule has 2 fully saturated rings. The minimum absolute atomic E-state index is 0.677. The first-order valence-electron chi connectivity index (χ1n) is 8.00. The van der Waals surface area contributed by atoms with Crippen molar-refractivity contribution >= 4 is 0 Å². The average Bonchev–Trinajstić information content (AvgIpc) is 2.92. The van der Waals surface area contributed by atoms with Gasteiger partial charge in [0.1, 0.15) is 0 Å². The Hall–Kier alpha value is -0.830. The Balaban J connectivity index is 1.82. The summed E-state index contributed by atoms with van der Waals surface area (Å²) in [7, 11) is 0.